The van der Waals surface area contributed by atoms with Crippen molar-refractivity contribution in [1.29, 1.82) is 0 Å². The molecule has 1 rings (SSSR count). The van der Waals surface area contributed by atoms with E-state index in [2.05, 4.69) is 0 Å². The SMILES string of the molecule is CCN(CCO)S(=O)(=O)N1CCCCC1C. The van der Waals surface area contributed by atoms with Gasteiger partial charge in [0.1, 0.15) is 0 Å². The topological polar surface area (TPSA) is 60.9 Å². The quantitative estimate of drug-likeness (QED) is 0.769. The fraction of sp³-hybridized carbons (Fsp3) is 1.00. The zero-order valence-electron chi connectivity index (χ0n) is 10.1. The molecule has 6 heteroatoms. The third-order valence-electron chi connectivity index (χ3n) is 3.07. The number of likely N-dealkylation sites (N-methyl/N-ethyl adjacent to an activating group) is 1. The lowest BCUT2D eigenvalue weighted by Crippen LogP contribution is -2.50. The Morgan fingerprint density at radius 2 is 2.12 bits per heavy atom. The highest BCUT2D eigenvalue weighted by Crippen LogP contribution is 2.21. The predicted molar refractivity (Wildman–Crippen MR) is 63.3 cm³/mol. The maximum absolute atomic E-state index is 12.3. The van der Waals surface area contributed by atoms with Crippen LogP contribution in [0.3, 0.4) is 0 Å². The van der Waals surface area contributed by atoms with Crippen LogP contribution in [0.25, 0.3) is 0 Å². The van der Waals surface area contributed by atoms with Crippen molar-refractivity contribution in [1.82, 2.24) is 8.61 Å². The Hall–Kier alpha value is -0.170. The van der Waals surface area contributed by atoms with Crippen LogP contribution in [0.1, 0.15) is 33.1 Å². The molecule has 0 aromatic carbocycles. The standard InChI is InChI=1S/C10H22N2O3S/c1-3-11(8-9-13)16(14,15)12-7-5-4-6-10(12)2/h10,13H,3-9H2,1-2H3. The lowest BCUT2D eigenvalue weighted by atomic mass is 10.1. The van der Waals surface area contributed by atoms with Gasteiger partial charge < -0.3 is 5.11 Å². The van der Waals surface area contributed by atoms with Crippen LogP contribution in [-0.2, 0) is 10.2 Å². The first-order valence-corrected chi connectivity index (χ1v) is 7.31. The van der Waals surface area contributed by atoms with Crippen molar-refractivity contribution < 1.29 is 13.5 Å². The minimum absolute atomic E-state index is 0.0755. The van der Waals surface area contributed by atoms with E-state index in [4.69, 9.17) is 5.11 Å². The van der Waals surface area contributed by atoms with Crippen LogP contribution in [0.5, 0.6) is 0 Å². The van der Waals surface area contributed by atoms with Gasteiger partial charge in [0.15, 0.2) is 0 Å². The highest BCUT2D eigenvalue weighted by Gasteiger charge is 2.33. The number of aliphatic hydroxyl groups is 1. The molecular formula is C10H22N2O3S. The van der Waals surface area contributed by atoms with Gasteiger partial charge in [-0.15, -0.1) is 0 Å². The second-order valence-electron chi connectivity index (χ2n) is 4.18. The summed E-state index contributed by atoms with van der Waals surface area (Å²) in [4.78, 5) is 0. The molecule has 0 aliphatic carbocycles. The van der Waals surface area contributed by atoms with Crippen LogP contribution < -0.4 is 0 Å². The number of hydrogen-bond donors (Lipinski definition) is 1. The summed E-state index contributed by atoms with van der Waals surface area (Å²) in [6, 6.07) is 0.0755. The van der Waals surface area contributed by atoms with Gasteiger partial charge in [-0.2, -0.15) is 17.0 Å². The maximum Gasteiger partial charge on any atom is 0.282 e. The van der Waals surface area contributed by atoms with Crippen LogP contribution in [0.15, 0.2) is 0 Å². The Balaban J connectivity index is 2.81. The summed E-state index contributed by atoms with van der Waals surface area (Å²) in [5, 5.41) is 8.87. The van der Waals surface area contributed by atoms with E-state index in [1.807, 2.05) is 6.92 Å². The summed E-state index contributed by atoms with van der Waals surface area (Å²) < 4.78 is 27.4. The molecular weight excluding hydrogens is 228 g/mol. The Morgan fingerprint density at radius 3 is 2.62 bits per heavy atom. The van der Waals surface area contributed by atoms with Gasteiger partial charge in [-0.25, -0.2) is 0 Å². The molecule has 1 N–H and O–H groups in total. The molecule has 1 unspecified atom stereocenters. The third-order valence-corrected chi connectivity index (χ3v) is 5.30. The summed E-state index contributed by atoms with van der Waals surface area (Å²) in [5.74, 6) is 0. The van der Waals surface area contributed by atoms with Crippen LogP contribution in [-0.4, -0.2) is 54.4 Å². The number of nitrogens with zero attached hydrogens (tertiary/aromatic N) is 2. The smallest absolute Gasteiger partial charge is 0.282 e. The van der Waals surface area contributed by atoms with E-state index >= 15 is 0 Å². The molecule has 0 spiro atoms. The third kappa shape index (κ3) is 2.94. The molecule has 0 aromatic rings. The Labute approximate surface area is 98.2 Å². The van der Waals surface area contributed by atoms with E-state index in [0.717, 1.165) is 19.3 Å². The molecule has 0 aromatic heterocycles. The van der Waals surface area contributed by atoms with E-state index in [9.17, 15) is 8.42 Å². The largest absolute Gasteiger partial charge is 0.395 e. The molecule has 1 saturated heterocycles. The average molecular weight is 250 g/mol. The molecule has 0 amide bonds. The number of piperidine rings is 1. The van der Waals surface area contributed by atoms with Crippen LogP contribution in [0.4, 0.5) is 0 Å². The van der Waals surface area contributed by atoms with Gasteiger partial charge >= 0.3 is 0 Å². The Morgan fingerprint density at radius 1 is 1.44 bits per heavy atom. The molecule has 1 heterocycles. The van der Waals surface area contributed by atoms with Crippen molar-refractivity contribution in [3.8, 4) is 0 Å². The van der Waals surface area contributed by atoms with Crippen molar-refractivity contribution in [2.75, 3.05) is 26.2 Å². The lowest BCUT2D eigenvalue weighted by molar-refractivity contribution is 0.222. The molecule has 0 radical (unpaired) electrons. The molecule has 0 saturated carbocycles. The van der Waals surface area contributed by atoms with Gasteiger partial charge in [-0.05, 0) is 19.8 Å². The van der Waals surface area contributed by atoms with Crippen LogP contribution in [0, 0.1) is 0 Å². The number of rotatable bonds is 5. The van der Waals surface area contributed by atoms with E-state index < -0.39 is 10.2 Å². The molecule has 16 heavy (non-hydrogen) atoms. The van der Waals surface area contributed by atoms with Gasteiger partial charge in [-0.1, -0.05) is 13.3 Å². The average Bonchev–Trinajstić information content (AvgIpc) is 2.26. The van der Waals surface area contributed by atoms with Crippen molar-refractivity contribution in [2.45, 2.75) is 39.2 Å². The fourth-order valence-electron chi connectivity index (χ4n) is 2.11. The summed E-state index contributed by atoms with van der Waals surface area (Å²) in [7, 11) is -3.38. The van der Waals surface area contributed by atoms with Crippen molar-refractivity contribution in [2.24, 2.45) is 0 Å². The van der Waals surface area contributed by atoms with E-state index in [-0.39, 0.29) is 19.2 Å². The number of aliphatic hydroxyl groups excluding tert-OH is 1. The highest BCUT2D eigenvalue weighted by atomic mass is 32.2. The van der Waals surface area contributed by atoms with Crippen molar-refractivity contribution in [3.63, 3.8) is 0 Å². The summed E-state index contributed by atoms with van der Waals surface area (Å²) in [6.45, 7) is 4.81. The van der Waals surface area contributed by atoms with Crippen LogP contribution in [0.2, 0.25) is 0 Å². The first-order chi connectivity index (χ1) is 7.54. The number of hydrogen-bond acceptors (Lipinski definition) is 3. The van der Waals surface area contributed by atoms with Gasteiger partial charge in [0, 0.05) is 25.7 Å². The second-order valence-corrected chi connectivity index (χ2v) is 6.06. The lowest BCUT2D eigenvalue weighted by Gasteiger charge is -2.35. The minimum Gasteiger partial charge on any atom is -0.395 e. The molecule has 1 aliphatic rings. The van der Waals surface area contributed by atoms with Crippen molar-refractivity contribution in [3.05, 3.63) is 0 Å². The minimum atomic E-state index is -3.38. The molecule has 0 bridgehead atoms. The van der Waals surface area contributed by atoms with Gasteiger partial charge in [0.05, 0.1) is 6.61 Å². The highest BCUT2D eigenvalue weighted by molar-refractivity contribution is 7.86. The van der Waals surface area contributed by atoms with Crippen LogP contribution >= 0.6 is 0 Å². The summed E-state index contributed by atoms with van der Waals surface area (Å²) in [6.07, 6.45) is 2.95. The molecule has 96 valence electrons. The molecule has 5 nitrogen and oxygen atoms in total. The zero-order chi connectivity index (χ0) is 12.2. The predicted octanol–water partition coefficient (Wildman–Crippen LogP) is 0.420. The first-order valence-electron chi connectivity index (χ1n) is 5.91. The molecule has 1 aliphatic heterocycles. The summed E-state index contributed by atoms with van der Waals surface area (Å²) in [5.41, 5.74) is 0. The van der Waals surface area contributed by atoms with E-state index in [1.165, 1.54) is 4.31 Å². The fourth-order valence-corrected chi connectivity index (χ4v) is 3.97. The van der Waals surface area contributed by atoms with Crippen molar-refractivity contribution >= 4 is 10.2 Å². The maximum atomic E-state index is 12.3. The van der Waals surface area contributed by atoms with E-state index in [1.54, 1.807) is 11.2 Å². The normalized spacial score (nSPS) is 23.9. The Kier molecular flexibility index (Phi) is 5.17. The second kappa shape index (κ2) is 5.95. The Bertz CT molecular complexity index is 305. The van der Waals surface area contributed by atoms with Gasteiger partial charge in [0.25, 0.3) is 10.2 Å². The van der Waals surface area contributed by atoms with Gasteiger partial charge in [0.2, 0.25) is 0 Å². The zero-order valence-corrected chi connectivity index (χ0v) is 10.9. The molecule has 1 fully saturated rings. The first kappa shape index (κ1) is 13.9. The summed E-state index contributed by atoms with van der Waals surface area (Å²) >= 11 is 0. The van der Waals surface area contributed by atoms with E-state index in [0.29, 0.717) is 13.1 Å². The molecule has 1 atom stereocenters. The monoisotopic (exact) mass is 250 g/mol. The van der Waals surface area contributed by atoms with Gasteiger partial charge in [-0.3, -0.25) is 0 Å².